The summed E-state index contributed by atoms with van der Waals surface area (Å²) in [7, 11) is 1.62. The fourth-order valence-corrected chi connectivity index (χ4v) is 3.85. The molecule has 0 bridgehead atoms. The predicted molar refractivity (Wildman–Crippen MR) is 110 cm³/mol. The minimum Gasteiger partial charge on any atom is -0.497 e. The SMILES string of the molecule is C=C[C@]1(c2nnc(-c3ncccc3Br)o2)CCN(Cc2ccc(OC)cc2)C1=O. The topological polar surface area (TPSA) is 81.3 Å². The Balaban J connectivity index is 1.59. The summed E-state index contributed by atoms with van der Waals surface area (Å²) < 4.78 is 11.8. The summed E-state index contributed by atoms with van der Waals surface area (Å²) in [5.41, 5.74) is 0.521. The molecule has 1 aliphatic heterocycles. The van der Waals surface area contributed by atoms with Crippen LogP contribution in [0.15, 0.2) is 64.1 Å². The van der Waals surface area contributed by atoms with E-state index in [0.29, 0.717) is 25.2 Å². The predicted octanol–water partition coefficient (Wildman–Crippen LogP) is 3.76. The summed E-state index contributed by atoms with van der Waals surface area (Å²) in [6.07, 6.45) is 3.77. The second-order valence-electron chi connectivity index (χ2n) is 6.75. The highest BCUT2D eigenvalue weighted by molar-refractivity contribution is 9.10. The number of aromatic nitrogens is 3. The molecule has 2 aromatic heterocycles. The monoisotopic (exact) mass is 454 g/mol. The third-order valence-corrected chi connectivity index (χ3v) is 5.73. The lowest BCUT2D eigenvalue weighted by Crippen LogP contribution is -2.36. The number of benzene rings is 1. The largest absolute Gasteiger partial charge is 0.497 e. The van der Waals surface area contributed by atoms with Crippen LogP contribution in [-0.2, 0) is 16.8 Å². The van der Waals surface area contributed by atoms with E-state index in [-0.39, 0.29) is 17.7 Å². The van der Waals surface area contributed by atoms with Crippen molar-refractivity contribution < 1.29 is 13.9 Å². The van der Waals surface area contributed by atoms with Crippen LogP contribution in [0.3, 0.4) is 0 Å². The third kappa shape index (κ3) is 3.44. The molecule has 1 fully saturated rings. The van der Waals surface area contributed by atoms with Gasteiger partial charge in [0.25, 0.3) is 5.89 Å². The Hall–Kier alpha value is -3.00. The molecular weight excluding hydrogens is 436 g/mol. The van der Waals surface area contributed by atoms with Crippen LogP contribution in [0.2, 0.25) is 0 Å². The highest BCUT2D eigenvalue weighted by Crippen LogP contribution is 2.38. The maximum Gasteiger partial charge on any atom is 0.267 e. The van der Waals surface area contributed by atoms with Crippen LogP contribution in [-0.4, -0.2) is 39.6 Å². The summed E-state index contributed by atoms with van der Waals surface area (Å²) in [6.45, 7) is 4.95. The quantitative estimate of drug-likeness (QED) is 0.527. The highest BCUT2D eigenvalue weighted by Gasteiger charge is 2.50. The van der Waals surface area contributed by atoms with Crippen LogP contribution >= 0.6 is 15.9 Å². The molecule has 8 heteroatoms. The minimum atomic E-state index is -1.03. The number of halogens is 1. The molecule has 1 saturated heterocycles. The Bertz CT molecular complexity index is 1050. The van der Waals surface area contributed by atoms with Crippen LogP contribution in [0.5, 0.6) is 5.75 Å². The van der Waals surface area contributed by atoms with Gasteiger partial charge < -0.3 is 14.1 Å². The maximum atomic E-state index is 13.3. The van der Waals surface area contributed by atoms with Crippen LogP contribution in [0.4, 0.5) is 0 Å². The first-order valence-electron chi connectivity index (χ1n) is 9.08. The molecule has 0 aliphatic carbocycles. The molecule has 4 rings (SSSR count). The summed E-state index contributed by atoms with van der Waals surface area (Å²) in [5.74, 6) is 1.18. The van der Waals surface area contributed by atoms with Crippen LogP contribution in [0, 0.1) is 0 Å². The number of carbonyl (C=O) groups excluding carboxylic acids is 1. The minimum absolute atomic E-state index is 0.0985. The first kappa shape index (κ1) is 19.3. The first-order chi connectivity index (χ1) is 14.1. The normalized spacial score (nSPS) is 18.8. The maximum absolute atomic E-state index is 13.3. The Labute approximate surface area is 176 Å². The van der Waals surface area contributed by atoms with Crippen LogP contribution < -0.4 is 4.74 Å². The number of pyridine rings is 1. The van der Waals surface area contributed by atoms with Gasteiger partial charge in [0.15, 0.2) is 0 Å². The fourth-order valence-electron chi connectivity index (χ4n) is 3.42. The molecule has 3 heterocycles. The number of nitrogens with zero attached hydrogens (tertiary/aromatic N) is 4. The highest BCUT2D eigenvalue weighted by atomic mass is 79.9. The van der Waals surface area contributed by atoms with Gasteiger partial charge in [-0.05, 0) is 52.2 Å². The molecule has 0 unspecified atom stereocenters. The van der Waals surface area contributed by atoms with E-state index in [4.69, 9.17) is 9.15 Å². The molecule has 1 amide bonds. The number of ether oxygens (including phenoxy) is 1. The summed E-state index contributed by atoms with van der Waals surface area (Å²) in [4.78, 5) is 19.3. The van der Waals surface area contributed by atoms with Crippen LogP contribution in [0.25, 0.3) is 11.6 Å². The van der Waals surface area contributed by atoms with E-state index in [0.717, 1.165) is 15.8 Å². The number of hydrogen-bond donors (Lipinski definition) is 0. The first-order valence-corrected chi connectivity index (χ1v) is 9.87. The van der Waals surface area contributed by atoms with Crippen molar-refractivity contribution in [3.05, 3.63) is 71.2 Å². The molecule has 7 nitrogen and oxygen atoms in total. The Morgan fingerprint density at radius 1 is 1.31 bits per heavy atom. The van der Waals surface area contributed by atoms with E-state index in [1.165, 1.54) is 0 Å². The van der Waals surface area contributed by atoms with Gasteiger partial charge in [-0.2, -0.15) is 0 Å². The van der Waals surface area contributed by atoms with Gasteiger partial charge in [-0.15, -0.1) is 16.8 Å². The Morgan fingerprint density at radius 2 is 2.10 bits per heavy atom. The molecule has 148 valence electrons. The van der Waals surface area contributed by atoms with Gasteiger partial charge in [-0.1, -0.05) is 18.2 Å². The van der Waals surface area contributed by atoms with Gasteiger partial charge in [0.05, 0.1) is 7.11 Å². The van der Waals surface area contributed by atoms with E-state index >= 15 is 0 Å². The molecule has 0 N–H and O–H groups in total. The lowest BCUT2D eigenvalue weighted by atomic mass is 9.86. The van der Waals surface area contributed by atoms with Gasteiger partial charge in [-0.3, -0.25) is 4.79 Å². The molecule has 1 aliphatic rings. The smallest absolute Gasteiger partial charge is 0.267 e. The average molecular weight is 455 g/mol. The van der Waals surface area contributed by atoms with Crippen molar-refractivity contribution in [3.63, 3.8) is 0 Å². The van der Waals surface area contributed by atoms with Crippen LogP contribution in [0.1, 0.15) is 17.9 Å². The van der Waals surface area contributed by atoms with Crippen molar-refractivity contribution in [1.29, 1.82) is 0 Å². The number of rotatable bonds is 6. The Kier molecular flexibility index (Phi) is 5.19. The second-order valence-corrected chi connectivity index (χ2v) is 7.60. The number of carbonyl (C=O) groups is 1. The Morgan fingerprint density at radius 3 is 2.79 bits per heavy atom. The molecular formula is C21H19BrN4O3. The van der Waals surface area contributed by atoms with Crippen molar-refractivity contribution in [1.82, 2.24) is 20.1 Å². The molecule has 29 heavy (non-hydrogen) atoms. The van der Waals surface area contributed by atoms with E-state index in [1.807, 2.05) is 30.3 Å². The number of methoxy groups -OCH3 is 1. The van der Waals surface area contributed by atoms with Crippen molar-refractivity contribution in [3.8, 4) is 17.3 Å². The van der Waals surface area contributed by atoms with E-state index in [2.05, 4.69) is 37.7 Å². The van der Waals surface area contributed by atoms with E-state index in [1.54, 1.807) is 30.3 Å². The van der Waals surface area contributed by atoms with Crippen molar-refractivity contribution in [2.24, 2.45) is 0 Å². The summed E-state index contributed by atoms with van der Waals surface area (Å²) in [6, 6.07) is 11.3. The molecule has 0 saturated carbocycles. The van der Waals surface area contributed by atoms with Crippen molar-refractivity contribution in [2.45, 2.75) is 18.4 Å². The van der Waals surface area contributed by atoms with E-state index < -0.39 is 5.41 Å². The number of hydrogen-bond acceptors (Lipinski definition) is 6. The lowest BCUT2D eigenvalue weighted by Gasteiger charge is -2.21. The summed E-state index contributed by atoms with van der Waals surface area (Å²) in [5, 5.41) is 8.27. The molecule has 0 radical (unpaired) electrons. The van der Waals surface area contributed by atoms with Gasteiger partial charge in [0.2, 0.25) is 11.8 Å². The number of likely N-dealkylation sites (tertiary alicyclic amines) is 1. The van der Waals surface area contributed by atoms with Gasteiger partial charge >= 0.3 is 0 Å². The molecule has 0 spiro atoms. The zero-order valence-corrected chi connectivity index (χ0v) is 17.4. The van der Waals surface area contributed by atoms with Gasteiger partial charge in [0, 0.05) is 23.8 Å². The van der Waals surface area contributed by atoms with Crippen molar-refractivity contribution >= 4 is 21.8 Å². The second kappa shape index (κ2) is 7.79. The number of amides is 1. The van der Waals surface area contributed by atoms with Gasteiger partial charge in [-0.25, -0.2) is 4.98 Å². The zero-order chi connectivity index (χ0) is 20.4. The summed E-state index contributed by atoms with van der Waals surface area (Å²) >= 11 is 3.43. The zero-order valence-electron chi connectivity index (χ0n) is 15.8. The average Bonchev–Trinajstić information content (AvgIpc) is 3.35. The molecule has 1 aromatic carbocycles. The van der Waals surface area contributed by atoms with Gasteiger partial charge in [0.1, 0.15) is 16.9 Å². The van der Waals surface area contributed by atoms with Crippen molar-refractivity contribution in [2.75, 3.05) is 13.7 Å². The standard InChI is InChI=1S/C21H19BrN4O3/c1-3-21(19-25-24-18(29-19)17-16(22)5-4-11-23-17)10-12-26(20(21)27)13-14-6-8-15(28-2)9-7-14/h3-9,11H,1,10,12-13H2,2H3/t21-/m1/s1. The van der Waals surface area contributed by atoms with E-state index in [9.17, 15) is 4.79 Å². The fraction of sp³-hybridized carbons (Fsp3) is 0.238. The molecule has 1 atom stereocenters. The lowest BCUT2D eigenvalue weighted by molar-refractivity contribution is -0.132. The third-order valence-electron chi connectivity index (χ3n) is 5.09. The molecule has 3 aromatic rings.